The van der Waals surface area contributed by atoms with Crippen molar-refractivity contribution in [3.05, 3.63) is 48.2 Å². The summed E-state index contributed by atoms with van der Waals surface area (Å²) in [6.45, 7) is 6.72. The number of carbonyl (C=O) groups is 1. The smallest absolute Gasteiger partial charge is 0.248 e. The third kappa shape index (κ3) is 7.55. The van der Waals surface area contributed by atoms with Gasteiger partial charge in [0.15, 0.2) is 0 Å². The molecule has 10 nitrogen and oxygen atoms in total. The molecule has 0 radical (unpaired) electrons. The molecule has 10 heteroatoms. The number of rotatable bonds is 12. The number of nitrogen functional groups attached to an aromatic ring is 2. The SMILES string of the molecule is NC(=O)c1cc(N)c(NC/C=C/CNc2ncccc2N)c(OCCCN2CCNCC2)c1. The number of primary amides is 1. The molecule has 1 amide bonds. The highest BCUT2D eigenvalue weighted by Crippen LogP contribution is 2.32. The number of amides is 1. The van der Waals surface area contributed by atoms with Crippen molar-refractivity contribution >= 4 is 28.8 Å². The van der Waals surface area contributed by atoms with E-state index >= 15 is 0 Å². The first-order chi connectivity index (χ1) is 16.0. The Hall–Kier alpha value is -3.50. The summed E-state index contributed by atoms with van der Waals surface area (Å²) in [5.41, 5.74) is 19.5. The van der Waals surface area contributed by atoms with Crippen molar-refractivity contribution < 1.29 is 9.53 Å². The summed E-state index contributed by atoms with van der Waals surface area (Å²) in [5.74, 6) is 0.633. The van der Waals surface area contributed by atoms with Crippen LogP contribution in [-0.2, 0) is 0 Å². The summed E-state index contributed by atoms with van der Waals surface area (Å²) in [4.78, 5) is 18.3. The number of anilines is 4. The molecule has 1 fully saturated rings. The monoisotopic (exact) mass is 454 g/mol. The minimum absolute atomic E-state index is 0.322. The van der Waals surface area contributed by atoms with E-state index in [2.05, 4.69) is 25.8 Å². The number of nitrogens with one attached hydrogen (secondary N) is 3. The third-order valence-electron chi connectivity index (χ3n) is 5.29. The van der Waals surface area contributed by atoms with Gasteiger partial charge in [0.2, 0.25) is 5.91 Å². The van der Waals surface area contributed by atoms with E-state index in [9.17, 15) is 4.79 Å². The Kier molecular flexibility index (Phi) is 9.16. The molecule has 178 valence electrons. The average molecular weight is 455 g/mol. The highest BCUT2D eigenvalue weighted by atomic mass is 16.5. The minimum atomic E-state index is -0.543. The van der Waals surface area contributed by atoms with E-state index in [0.717, 1.165) is 39.1 Å². The van der Waals surface area contributed by atoms with Crippen LogP contribution in [0.1, 0.15) is 16.8 Å². The molecule has 1 aliphatic rings. The molecule has 0 unspecified atom stereocenters. The molecular weight excluding hydrogens is 420 g/mol. The molecule has 2 heterocycles. The topological polar surface area (TPSA) is 157 Å². The molecule has 9 N–H and O–H groups in total. The predicted octanol–water partition coefficient (Wildman–Crippen LogP) is 1.10. The van der Waals surface area contributed by atoms with E-state index in [1.54, 1.807) is 30.5 Å². The Labute approximate surface area is 194 Å². The number of aromatic nitrogens is 1. The van der Waals surface area contributed by atoms with Crippen LogP contribution in [0.2, 0.25) is 0 Å². The standard InChI is InChI=1S/C23H34N8O2/c24-18-5-3-8-30-23(18)29-7-2-1-6-28-21-19(25)15-17(22(26)32)16-20(21)33-14-4-11-31-12-9-27-10-13-31/h1-3,5,8,15-16,27-28H,4,6-7,9-14,24-25H2,(H2,26,32)(H,29,30)/b2-1+. The van der Waals surface area contributed by atoms with Crippen LogP contribution in [0.5, 0.6) is 5.75 Å². The molecule has 0 saturated carbocycles. The first-order valence-electron chi connectivity index (χ1n) is 11.2. The number of carbonyl (C=O) groups excluding carboxylic acids is 1. The Morgan fingerprint density at radius 2 is 1.91 bits per heavy atom. The lowest BCUT2D eigenvalue weighted by Crippen LogP contribution is -2.43. The highest BCUT2D eigenvalue weighted by Gasteiger charge is 2.14. The molecule has 0 bridgehead atoms. The van der Waals surface area contributed by atoms with Gasteiger partial charge in [-0.05, 0) is 30.7 Å². The summed E-state index contributed by atoms with van der Waals surface area (Å²) in [6.07, 6.45) is 6.49. The quantitative estimate of drug-likeness (QED) is 0.157. The lowest BCUT2D eigenvalue weighted by Gasteiger charge is -2.27. The van der Waals surface area contributed by atoms with Gasteiger partial charge in [0.25, 0.3) is 0 Å². The number of ether oxygens (including phenoxy) is 1. The number of piperazine rings is 1. The molecule has 0 spiro atoms. The fourth-order valence-corrected chi connectivity index (χ4v) is 3.54. The molecular formula is C23H34N8O2. The molecule has 1 aliphatic heterocycles. The first kappa shape index (κ1) is 24.1. The van der Waals surface area contributed by atoms with Crippen molar-refractivity contribution in [2.75, 3.05) is 74.5 Å². The molecule has 1 aromatic carbocycles. The largest absolute Gasteiger partial charge is 0.491 e. The van der Waals surface area contributed by atoms with Crippen molar-refractivity contribution in [3.63, 3.8) is 0 Å². The van der Waals surface area contributed by atoms with Gasteiger partial charge in [-0.25, -0.2) is 4.98 Å². The second-order valence-corrected chi connectivity index (χ2v) is 7.77. The molecule has 0 aliphatic carbocycles. The lowest BCUT2D eigenvalue weighted by atomic mass is 10.1. The Bertz CT molecular complexity index is 944. The second-order valence-electron chi connectivity index (χ2n) is 7.77. The molecule has 0 atom stereocenters. The van der Waals surface area contributed by atoms with Gasteiger partial charge in [-0.2, -0.15) is 0 Å². The summed E-state index contributed by atoms with van der Waals surface area (Å²) >= 11 is 0. The van der Waals surface area contributed by atoms with Gasteiger partial charge in [0, 0.05) is 57.6 Å². The highest BCUT2D eigenvalue weighted by molar-refractivity contribution is 5.96. The van der Waals surface area contributed by atoms with Crippen molar-refractivity contribution in [1.29, 1.82) is 0 Å². The Balaban J connectivity index is 1.53. The second kappa shape index (κ2) is 12.5. The van der Waals surface area contributed by atoms with Crippen molar-refractivity contribution in [2.24, 2.45) is 5.73 Å². The zero-order chi connectivity index (χ0) is 23.5. The average Bonchev–Trinajstić information content (AvgIpc) is 2.81. The van der Waals surface area contributed by atoms with Crippen molar-refractivity contribution in [3.8, 4) is 5.75 Å². The van der Waals surface area contributed by atoms with Crippen LogP contribution in [-0.4, -0.2) is 68.2 Å². The van der Waals surface area contributed by atoms with Gasteiger partial charge >= 0.3 is 0 Å². The van der Waals surface area contributed by atoms with Crippen LogP contribution >= 0.6 is 0 Å². The predicted molar refractivity (Wildman–Crippen MR) is 134 cm³/mol. The lowest BCUT2D eigenvalue weighted by molar-refractivity contribution is 0.1000. The van der Waals surface area contributed by atoms with Crippen molar-refractivity contribution in [1.82, 2.24) is 15.2 Å². The summed E-state index contributed by atoms with van der Waals surface area (Å²) in [5, 5.41) is 9.78. The summed E-state index contributed by atoms with van der Waals surface area (Å²) < 4.78 is 6.00. The number of pyridine rings is 1. The zero-order valence-electron chi connectivity index (χ0n) is 18.8. The normalized spacial score (nSPS) is 14.3. The van der Waals surface area contributed by atoms with Gasteiger partial charge in [-0.15, -0.1) is 0 Å². The number of nitrogens with two attached hydrogens (primary N) is 3. The van der Waals surface area contributed by atoms with Crippen molar-refractivity contribution in [2.45, 2.75) is 6.42 Å². The zero-order valence-corrected chi connectivity index (χ0v) is 18.8. The van der Waals surface area contributed by atoms with Gasteiger partial charge in [-0.1, -0.05) is 12.2 Å². The van der Waals surface area contributed by atoms with E-state index < -0.39 is 5.91 Å². The maximum Gasteiger partial charge on any atom is 0.248 e. The summed E-state index contributed by atoms with van der Waals surface area (Å²) in [6, 6.07) is 6.79. The maximum atomic E-state index is 11.7. The van der Waals surface area contributed by atoms with Gasteiger partial charge < -0.3 is 42.8 Å². The van der Waals surface area contributed by atoms with Crippen LogP contribution < -0.4 is 37.9 Å². The van der Waals surface area contributed by atoms with Crippen LogP contribution in [0.25, 0.3) is 0 Å². The molecule has 3 rings (SSSR count). The van der Waals surface area contributed by atoms with Crippen LogP contribution in [0.15, 0.2) is 42.6 Å². The number of hydrogen-bond acceptors (Lipinski definition) is 9. The van der Waals surface area contributed by atoms with E-state index in [0.29, 0.717) is 53.9 Å². The Morgan fingerprint density at radius 3 is 2.64 bits per heavy atom. The van der Waals surface area contributed by atoms with E-state index in [1.807, 2.05) is 12.2 Å². The minimum Gasteiger partial charge on any atom is -0.491 e. The number of nitrogens with zero attached hydrogens (tertiary/aromatic N) is 2. The van der Waals surface area contributed by atoms with Crippen LogP contribution in [0.4, 0.5) is 22.9 Å². The first-order valence-corrected chi connectivity index (χ1v) is 11.2. The number of benzene rings is 1. The molecule has 1 saturated heterocycles. The molecule has 2 aromatic rings. The van der Waals surface area contributed by atoms with E-state index in [1.165, 1.54) is 0 Å². The third-order valence-corrected chi connectivity index (χ3v) is 5.29. The van der Waals surface area contributed by atoms with Gasteiger partial charge in [0.1, 0.15) is 17.3 Å². The van der Waals surface area contributed by atoms with Crippen LogP contribution in [0.3, 0.4) is 0 Å². The molecule has 33 heavy (non-hydrogen) atoms. The Morgan fingerprint density at radius 1 is 1.15 bits per heavy atom. The maximum absolute atomic E-state index is 11.7. The van der Waals surface area contributed by atoms with E-state index in [-0.39, 0.29) is 0 Å². The summed E-state index contributed by atoms with van der Waals surface area (Å²) in [7, 11) is 0. The van der Waals surface area contributed by atoms with Crippen LogP contribution in [0, 0.1) is 0 Å². The van der Waals surface area contributed by atoms with Gasteiger partial charge in [0.05, 0.1) is 18.0 Å². The molecule has 1 aromatic heterocycles. The number of hydrogen-bond donors (Lipinski definition) is 6. The van der Waals surface area contributed by atoms with E-state index in [4.69, 9.17) is 21.9 Å². The fraction of sp³-hybridized carbons (Fsp3) is 0.391. The van der Waals surface area contributed by atoms with Gasteiger partial charge in [-0.3, -0.25) is 4.79 Å². The fourth-order valence-electron chi connectivity index (χ4n) is 3.54.